The molecule has 0 spiro atoms. The molecule has 4 rings (SSSR count). The average molecular weight is 316 g/mol. The van der Waals surface area contributed by atoms with Crippen LogP contribution >= 0.6 is 0 Å². The SMILES string of the molecule is O=C(CN1C[C@@H]2C[C@](O)(CC3CC3)C[C@@H]2C1)c1ccc(O)cn1. The van der Waals surface area contributed by atoms with Gasteiger partial charge < -0.3 is 10.2 Å². The van der Waals surface area contributed by atoms with Crippen LogP contribution < -0.4 is 0 Å². The number of carbonyl (C=O) groups excluding carboxylic acids is 1. The van der Waals surface area contributed by atoms with Crippen molar-refractivity contribution in [2.75, 3.05) is 19.6 Å². The molecule has 0 radical (unpaired) electrons. The first-order chi connectivity index (χ1) is 11.0. The van der Waals surface area contributed by atoms with Gasteiger partial charge in [-0.15, -0.1) is 0 Å². The highest BCUT2D eigenvalue weighted by atomic mass is 16.3. The van der Waals surface area contributed by atoms with Crippen molar-refractivity contribution < 1.29 is 15.0 Å². The van der Waals surface area contributed by atoms with Gasteiger partial charge in [-0.05, 0) is 49.1 Å². The molecule has 2 N–H and O–H groups in total. The second-order valence-corrected chi connectivity index (χ2v) is 7.82. The number of nitrogens with zero attached hydrogens (tertiary/aromatic N) is 2. The highest BCUT2D eigenvalue weighted by Gasteiger charge is 2.49. The van der Waals surface area contributed by atoms with Gasteiger partial charge in [-0.25, -0.2) is 4.98 Å². The van der Waals surface area contributed by atoms with Gasteiger partial charge in [0.1, 0.15) is 11.4 Å². The molecule has 0 amide bonds. The van der Waals surface area contributed by atoms with Gasteiger partial charge in [0, 0.05) is 13.1 Å². The maximum atomic E-state index is 12.3. The highest BCUT2D eigenvalue weighted by molar-refractivity contribution is 5.95. The summed E-state index contributed by atoms with van der Waals surface area (Å²) in [5, 5.41) is 20.0. The molecule has 124 valence electrons. The summed E-state index contributed by atoms with van der Waals surface area (Å²) in [7, 11) is 0. The lowest BCUT2D eigenvalue weighted by Gasteiger charge is -2.25. The van der Waals surface area contributed by atoms with E-state index in [4.69, 9.17) is 0 Å². The summed E-state index contributed by atoms with van der Waals surface area (Å²) in [6.07, 6.45) is 6.67. The molecule has 3 fully saturated rings. The molecule has 2 heterocycles. The van der Waals surface area contributed by atoms with Gasteiger partial charge in [0.25, 0.3) is 0 Å². The molecule has 0 bridgehead atoms. The number of carbonyl (C=O) groups is 1. The van der Waals surface area contributed by atoms with Crippen molar-refractivity contribution >= 4 is 5.78 Å². The van der Waals surface area contributed by atoms with Crippen molar-refractivity contribution in [3.63, 3.8) is 0 Å². The molecule has 5 nitrogen and oxygen atoms in total. The summed E-state index contributed by atoms with van der Waals surface area (Å²) in [5.41, 5.74) is -0.0319. The Morgan fingerprint density at radius 2 is 1.96 bits per heavy atom. The zero-order valence-electron chi connectivity index (χ0n) is 13.3. The average Bonchev–Trinajstić information content (AvgIpc) is 3.14. The van der Waals surface area contributed by atoms with E-state index in [-0.39, 0.29) is 11.5 Å². The fraction of sp³-hybridized carbons (Fsp3) is 0.667. The first-order valence-electron chi connectivity index (χ1n) is 8.64. The number of aliphatic hydroxyl groups is 1. The van der Waals surface area contributed by atoms with E-state index >= 15 is 0 Å². The minimum absolute atomic E-state index is 0.00165. The van der Waals surface area contributed by atoms with Crippen molar-refractivity contribution in [3.8, 4) is 5.75 Å². The summed E-state index contributed by atoms with van der Waals surface area (Å²) in [6, 6.07) is 3.07. The molecule has 1 aliphatic heterocycles. The fourth-order valence-electron chi connectivity index (χ4n) is 4.55. The third kappa shape index (κ3) is 3.26. The molecular formula is C18H24N2O3. The third-order valence-electron chi connectivity index (χ3n) is 5.70. The quantitative estimate of drug-likeness (QED) is 0.811. The van der Waals surface area contributed by atoms with Gasteiger partial charge in [-0.1, -0.05) is 12.8 Å². The lowest BCUT2D eigenvalue weighted by molar-refractivity contribution is 0.0215. The van der Waals surface area contributed by atoms with Gasteiger partial charge in [0.15, 0.2) is 5.78 Å². The molecule has 3 atom stereocenters. The Morgan fingerprint density at radius 1 is 1.26 bits per heavy atom. The predicted molar refractivity (Wildman–Crippen MR) is 85.2 cm³/mol. The number of Topliss-reactive ketones (excluding diaryl/α,β-unsaturated/α-hetero) is 1. The van der Waals surface area contributed by atoms with Crippen molar-refractivity contribution in [1.82, 2.24) is 9.88 Å². The second-order valence-electron chi connectivity index (χ2n) is 7.82. The first-order valence-corrected chi connectivity index (χ1v) is 8.64. The number of hydrogen-bond donors (Lipinski definition) is 2. The van der Waals surface area contributed by atoms with Crippen molar-refractivity contribution in [3.05, 3.63) is 24.0 Å². The molecule has 5 heteroatoms. The number of rotatable bonds is 5. The van der Waals surface area contributed by atoms with Crippen LogP contribution in [0.1, 0.15) is 42.6 Å². The lowest BCUT2D eigenvalue weighted by Crippen LogP contribution is -2.33. The molecule has 23 heavy (non-hydrogen) atoms. The zero-order chi connectivity index (χ0) is 16.0. The maximum Gasteiger partial charge on any atom is 0.195 e. The topological polar surface area (TPSA) is 73.7 Å². The normalized spacial score (nSPS) is 33.8. The van der Waals surface area contributed by atoms with Crippen molar-refractivity contribution in [2.24, 2.45) is 17.8 Å². The van der Waals surface area contributed by atoms with Crippen LogP contribution in [0.3, 0.4) is 0 Å². The number of fused-ring (bicyclic) bond motifs is 1. The molecule has 3 aliphatic rings. The number of aromatic hydroxyl groups is 1. The van der Waals surface area contributed by atoms with E-state index in [2.05, 4.69) is 9.88 Å². The van der Waals surface area contributed by atoms with E-state index in [1.54, 1.807) is 6.07 Å². The number of likely N-dealkylation sites (tertiary alicyclic amines) is 1. The Labute approximate surface area is 136 Å². The van der Waals surface area contributed by atoms with Crippen LogP contribution in [0.25, 0.3) is 0 Å². The van der Waals surface area contributed by atoms with E-state index in [1.165, 1.54) is 25.1 Å². The van der Waals surface area contributed by atoms with Crippen molar-refractivity contribution in [2.45, 2.75) is 37.7 Å². The Morgan fingerprint density at radius 3 is 2.52 bits per heavy atom. The Bertz CT molecular complexity index is 583. The largest absolute Gasteiger partial charge is 0.506 e. The lowest BCUT2D eigenvalue weighted by atomic mass is 9.93. The molecule has 0 unspecified atom stereocenters. The van der Waals surface area contributed by atoms with Gasteiger partial charge in [-0.2, -0.15) is 0 Å². The fourth-order valence-corrected chi connectivity index (χ4v) is 4.55. The van der Waals surface area contributed by atoms with E-state index in [9.17, 15) is 15.0 Å². The molecule has 1 aromatic heterocycles. The minimum Gasteiger partial charge on any atom is -0.506 e. The smallest absolute Gasteiger partial charge is 0.195 e. The van der Waals surface area contributed by atoms with Crippen LogP contribution in [-0.4, -0.2) is 51.1 Å². The second kappa shape index (κ2) is 5.56. The maximum absolute atomic E-state index is 12.3. The summed E-state index contributed by atoms with van der Waals surface area (Å²) < 4.78 is 0. The molecule has 0 aromatic carbocycles. The minimum atomic E-state index is -0.439. The third-order valence-corrected chi connectivity index (χ3v) is 5.70. The monoisotopic (exact) mass is 316 g/mol. The van der Waals surface area contributed by atoms with E-state index in [0.717, 1.165) is 38.3 Å². The number of pyridine rings is 1. The summed E-state index contributed by atoms with van der Waals surface area (Å²) in [4.78, 5) is 18.5. The van der Waals surface area contributed by atoms with Gasteiger partial charge in [0.2, 0.25) is 0 Å². The van der Waals surface area contributed by atoms with Crippen LogP contribution in [0, 0.1) is 17.8 Å². The van der Waals surface area contributed by atoms with Gasteiger partial charge in [-0.3, -0.25) is 9.69 Å². The number of ketones is 1. The molecule has 1 aromatic rings. The van der Waals surface area contributed by atoms with Crippen molar-refractivity contribution in [1.29, 1.82) is 0 Å². The number of hydrogen-bond acceptors (Lipinski definition) is 5. The van der Waals surface area contributed by atoms with E-state index in [0.29, 0.717) is 24.1 Å². The molecule has 2 aliphatic carbocycles. The summed E-state index contributed by atoms with van der Waals surface area (Å²) in [6.45, 7) is 2.19. The summed E-state index contributed by atoms with van der Waals surface area (Å²) >= 11 is 0. The van der Waals surface area contributed by atoms with Crippen LogP contribution in [0.4, 0.5) is 0 Å². The Hall–Kier alpha value is -1.46. The summed E-state index contributed by atoms with van der Waals surface area (Å²) in [5.74, 6) is 1.89. The highest BCUT2D eigenvalue weighted by Crippen LogP contribution is 2.49. The first kappa shape index (κ1) is 15.1. The zero-order valence-corrected chi connectivity index (χ0v) is 13.3. The predicted octanol–water partition coefficient (Wildman–Crippen LogP) is 1.84. The number of aromatic nitrogens is 1. The molecule has 1 saturated heterocycles. The van der Waals surface area contributed by atoms with Crippen LogP contribution in [0.15, 0.2) is 18.3 Å². The molecular weight excluding hydrogens is 292 g/mol. The van der Waals surface area contributed by atoms with Gasteiger partial charge >= 0.3 is 0 Å². The van der Waals surface area contributed by atoms with E-state index in [1.807, 2.05) is 0 Å². The Balaban J connectivity index is 1.32. The molecule has 2 saturated carbocycles. The standard InChI is InChI=1S/C18H24N2O3/c21-15-3-4-16(19-8-15)17(22)11-20-9-13-6-18(23,5-12-1-2-12)7-14(13)10-20/h3-4,8,12-14,21,23H,1-2,5-7,9-11H2/t13-,14+,18+. The van der Waals surface area contributed by atoms with E-state index < -0.39 is 5.60 Å². The Kier molecular flexibility index (Phi) is 3.65. The van der Waals surface area contributed by atoms with Crippen LogP contribution in [0.5, 0.6) is 5.75 Å². The van der Waals surface area contributed by atoms with Crippen LogP contribution in [0.2, 0.25) is 0 Å². The van der Waals surface area contributed by atoms with Gasteiger partial charge in [0.05, 0.1) is 18.3 Å². The van der Waals surface area contributed by atoms with Crippen LogP contribution in [-0.2, 0) is 0 Å².